The number of aromatic nitrogens is 3. The topological polar surface area (TPSA) is 59.9 Å². The first kappa shape index (κ1) is 20.6. The molecule has 1 aliphatic rings. The van der Waals surface area contributed by atoms with Crippen LogP contribution in [-0.4, -0.2) is 28.4 Å². The second-order valence-corrected chi connectivity index (χ2v) is 8.64. The predicted molar refractivity (Wildman–Crippen MR) is 129 cm³/mol. The SMILES string of the molecule is Cc1cc([C@@H](C)Nc2ccccc2-c2ccnnc2)c2cc(C3CCCOC3)ncc2c1. The molecule has 3 heterocycles. The summed E-state index contributed by atoms with van der Waals surface area (Å²) < 4.78 is 5.72. The minimum atomic E-state index is 0.117. The fraction of sp³-hybridized carbons (Fsp3) is 0.296. The number of pyridine rings is 1. The Balaban J connectivity index is 1.52. The third-order valence-corrected chi connectivity index (χ3v) is 6.27. The lowest BCUT2D eigenvalue weighted by molar-refractivity contribution is 0.0793. The van der Waals surface area contributed by atoms with Crippen LogP contribution in [0.5, 0.6) is 0 Å². The summed E-state index contributed by atoms with van der Waals surface area (Å²) in [6.07, 6.45) is 7.80. The van der Waals surface area contributed by atoms with Crippen LogP contribution in [0.15, 0.2) is 67.1 Å². The third-order valence-electron chi connectivity index (χ3n) is 6.27. The van der Waals surface area contributed by atoms with E-state index in [0.717, 1.165) is 48.6 Å². The number of fused-ring (bicyclic) bond motifs is 1. The van der Waals surface area contributed by atoms with Gasteiger partial charge in [-0.2, -0.15) is 10.2 Å². The summed E-state index contributed by atoms with van der Waals surface area (Å²) in [5.74, 6) is 0.380. The molecule has 162 valence electrons. The molecule has 0 radical (unpaired) electrons. The van der Waals surface area contributed by atoms with E-state index in [4.69, 9.17) is 9.72 Å². The van der Waals surface area contributed by atoms with Gasteiger partial charge >= 0.3 is 0 Å². The second-order valence-electron chi connectivity index (χ2n) is 8.64. The Morgan fingerprint density at radius 1 is 1.06 bits per heavy atom. The van der Waals surface area contributed by atoms with E-state index in [1.54, 1.807) is 12.4 Å². The van der Waals surface area contributed by atoms with E-state index >= 15 is 0 Å². The van der Waals surface area contributed by atoms with E-state index in [2.05, 4.69) is 71.8 Å². The predicted octanol–water partition coefficient (Wildman–Crippen LogP) is 6.07. The lowest BCUT2D eigenvalue weighted by Gasteiger charge is -2.23. The second kappa shape index (κ2) is 9.05. The molecule has 0 saturated carbocycles. The molecule has 5 nitrogen and oxygen atoms in total. The maximum Gasteiger partial charge on any atom is 0.0575 e. The van der Waals surface area contributed by atoms with Gasteiger partial charge in [0, 0.05) is 52.7 Å². The van der Waals surface area contributed by atoms with Crippen molar-refractivity contribution in [3.63, 3.8) is 0 Å². The molecular formula is C27H28N4O. The molecule has 4 aromatic rings. The molecule has 1 fully saturated rings. The Morgan fingerprint density at radius 2 is 1.97 bits per heavy atom. The van der Waals surface area contributed by atoms with Crippen molar-refractivity contribution in [1.82, 2.24) is 15.2 Å². The van der Waals surface area contributed by atoms with E-state index in [1.165, 1.54) is 21.9 Å². The molecule has 32 heavy (non-hydrogen) atoms. The van der Waals surface area contributed by atoms with Crippen LogP contribution in [0.25, 0.3) is 21.9 Å². The summed E-state index contributed by atoms with van der Waals surface area (Å²) in [4.78, 5) is 4.80. The van der Waals surface area contributed by atoms with Crippen molar-refractivity contribution in [1.29, 1.82) is 0 Å². The van der Waals surface area contributed by atoms with Crippen LogP contribution in [0, 0.1) is 6.92 Å². The average molecular weight is 425 g/mol. The number of para-hydroxylation sites is 1. The summed E-state index contributed by atoms with van der Waals surface area (Å²) >= 11 is 0. The number of nitrogens with zero attached hydrogens (tertiary/aromatic N) is 3. The summed E-state index contributed by atoms with van der Waals surface area (Å²) in [6.45, 7) is 6.00. The molecule has 1 unspecified atom stereocenters. The highest BCUT2D eigenvalue weighted by Crippen LogP contribution is 2.34. The maximum absolute atomic E-state index is 5.72. The summed E-state index contributed by atoms with van der Waals surface area (Å²) in [7, 11) is 0. The van der Waals surface area contributed by atoms with Crippen molar-refractivity contribution in [3.05, 3.63) is 83.9 Å². The number of anilines is 1. The van der Waals surface area contributed by atoms with Gasteiger partial charge in [-0.1, -0.05) is 29.8 Å². The third kappa shape index (κ3) is 4.21. The number of benzene rings is 2. The smallest absolute Gasteiger partial charge is 0.0575 e. The monoisotopic (exact) mass is 424 g/mol. The molecule has 2 atom stereocenters. The van der Waals surface area contributed by atoms with E-state index < -0.39 is 0 Å². The van der Waals surface area contributed by atoms with Crippen molar-refractivity contribution in [2.24, 2.45) is 0 Å². The largest absolute Gasteiger partial charge is 0.381 e. The normalized spacial score (nSPS) is 17.2. The molecule has 0 aliphatic carbocycles. The number of nitrogens with one attached hydrogen (secondary N) is 1. The first-order chi connectivity index (χ1) is 15.7. The minimum absolute atomic E-state index is 0.117. The molecule has 1 N–H and O–H groups in total. The fourth-order valence-electron chi connectivity index (χ4n) is 4.63. The van der Waals surface area contributed by atoms with Crippen LogP contribution in [0.2, 0.25) is 0 Å². The van der Waals surface area contributed by atoms with Crippen molar-refractivity contribution < 1.29 is 4.74 Å². The highest BCUT2D eigenvalue weighted by atomic mass is 16.5. The van der Waals surface area contributed by atoms with Gasteiger partial charge in [0.1, 0.15) is 0 Å². The molecule has 5 rings (SSSR count). The maximum atomic E-state index is 5.72. The molecule has 0 bridgehead atoms. The number of hydrogen-bond donors (Lipinski definition) is 1. The van der Waals surface area contributed by atoms with Crippen molar-refractivity contribution in [2.75, 3.05) is 18.5 Å². The molecule has 2 aromatic heterocycles. The van der Waals surface area contributed by atoms with Gasteiger partial charge < -0.3 is 10.1 Å². The summed E-state index contributed by atoms with van der Waals surface area (Å²) in [6, 6.07) is 17.2. The number of hydrogen-bond acceptors (Lipinski definition) is 5. The molecule has 1 saturated heterocycles. The first-order valence-electron chi connectivity index (χ1n) is 11.3. The molecule has 2 aromatic carbocycles. The van der Waals surface area contributed by atoms with Gasteiger partial charge in [-0.15, -0.1) is 0 Å². The van der Waals surface area contributed by atoms with Crippen LogP contribution in [0.4, 0.5) is 5.69 Å². The molecular weight excluding hydrogens is 396 g/mol. The quantitative estimate of drug-likeness (QED) is 0.421. The standard InChI is InChI=1S/C27H28N4O/c1-18-12-22-15-28-27(21-6-5-11-32-17-21)14-25(22)24(13-18)19(2)31-26-8-4-3-7-23(26)20-9-10-29-30-16-20/h3-4,7-10,12-16,19,21,31H,5-6,11,17H2,1-2H3/t19-,21?/m1/s1. The van der Waals surface area contributed by atoms with Crippen LogP contribution in [-0.2, 0) is 4.74 Å². The van der Waals surface area contributed by atoms with Crippen molar-refractivity contribution in [2.45, 2.75) is 38.6 Å². The zero-order chi connectivity index (χ0) is 21.9. The van der Waals surface area contributed by atoms with Crippen molar-refractivity contribution in [3.8, 4) is 11.1 Å². The number of ether oxygens (including phenoxy) is 1. The van der Waals surface area contributed by atoms with Gasteiger partial charge in [-0.3, -0.25) is 4.98 Å². The van der Waals surface area contributed by atoms with E-state index in [0.29, 0.717) is 5.92 Å². The van der Waals surface area contributed by atoms with Gasteiger partial charge in [-0.25, -0.2) is 0 Å². The Kier molecular flexibility index (Phi) is 5.82. The number of aryl methyl sites for hydroxylation is 1. The highest BCUT2D eigenvalue weighted by molar-refractivity contribution is 5.87. The van der Waals surface area contributed by atoms with Crippen LogP contribution >= 0.6 is 0 Å². The lowest BCUT2D eigenvalue weighted by Crippen LogP contribution is -2.16. The molecule has 0 amide bonds. The van der Waals surface area contributed by atoms with E-state index in [1.807, 2.05) is 12.3 Å². The Labute approximate surface area is 188 Å². The van der Waals surface area contributed by atoms with Crippen LogP contribution < -0.4 is 5.32 Å². The summed E-state index contributed by atoms with van der Waals surface area (Å²) in [5.41, 5.74) is 6.91. The van der Waals surface area contributed by atoms with Gasteiger partial charge in [0.05, 0.1) is 19.0 Å². The fourth-order valence-corrected chi connectivity index (χ4v) is 4.63. The Bertz CT molecular complexity index is 1220. The Hall–Kier alpha value is -3.31. The van der Waals surface area contributed by atoms with Crippen molar-refractivity contribution >= 4 is 16.5 Å². The van der Waals surface area contributed by atoms with Gasteiger partial charge in [0.25, 0.3) is 0 Å². The van der Waals surface area contributed by atoms with E-state index in [9.17, 15) is 0 Å². The van der Waals surface area contributed by atoms with Crippen LogP contribution in [0.3, 0.4) is 0 Å². The minimum Gasteiger partial charge on any atom is -0.381 e. The highest BCUT2D eigenvalue weighted by Gasteiger charge is 2.19. The van der Waals surface area contributed by atoms with Gasteiger partial charge in [0.15, 0.2) is 0 Å². The van der Waals surface area contributed by atoms with Crippen LogP contribution in [0.1, 0.15) is 48.5 Å². The zero-order valence-electron chi connectivity index (χ0n) is 18.6. The molecule has 0 spiro atoms. The molecule has 1 aliphatic heterocycles. The zero-order valence-corrected chi connectivity index (χ0v) is 18.6. The van der Waals surface area contributed by atoms with Gasteiger partial charge in [-0.05, 0) is 61.9 Å². The van der Waals surface area contributed by atoms with Gasteiger partial charge in [0.2, 0.25) is 0 Å². The number of rotatable bonds is 5. The van der Waals surface area contributed by atoms with E-state index in [-0.39, 0.29) is 6.04 Å². The summed E-state index contributed by atoms with van der Waals surface area (Å²) in [5, 5.41) is 14.2. The molecule has 5 heteroatoms. The first-order valence-corrected chi connectivity index (χ1v) is 11.3. The average Bonchev–Trinajstić information content (AvgIpc) is 2.84. The Morgan fingerprint density at radius 3 is 2.78 bits per heavy atom. The lowest BCUT2D eigenvalue weighted by atomic mass is 9.93.